The van der Waals surface area contributed by atoms with E-state index in [1.807, 2.05) is 37.3 Å². The smallest absolute Gasteiger partial charge is 0.231 e. The van der Waals surface area contributed by atoms with Gasteiger partial charge in [-0.3, -0.25) is 4.98 Å². The van der Waals surface area contributed by atoms with E-state index in [2.05, 4.69) is 32.2 Å². The van der Waals surface area contributed by atoms with E-state index in [1.165, 1.54) is 6.33 Å². The second kappa shape index (κ2) is 10.8. The maximum Gasteiger partial charge on any atom is 0.231 e. The molecule has 0 unspecified atom stereocenters. The van der Waals surface area contributed by atoms with Crippen LogP contribution in [0.25, 0.3) is 10.9 Å². The molecule has 10 heteroatoms. The third-order valence-corrected chi connectivity index (χ3v) is 6.85. The van der Waals surface area contributed by atoms with Crippen molar-refractivity contribution >= 4 is 22.4 Å². The van der Waals surface area contributed by atoms with Crippen LogP contribution >= 0.6 is 0 Å². The Bertz CT molecular complexity index is 1490. The molecule has 0 fully saturated rings. The van der Waals surface area contributed by atoms with Gasteiger partial charge in [0.1, 0.15) is 17.9 Å². The van der Waals surface area contributed by atoms with Crippen LogP contribution in [0.3, 0.4) is 0 Å². The van der Waals surface area contributed by atoms with Crippen molar-refractivity contribution in [3.05, 3.63) is 54.1 Å². The van der Waals surface area contributed by atoms with Crippen LogP contribution < -0.4 is 29.0 Å². The van der Waals surface area contributed by atoms with Crippen LogP contribution in [0, 0.1) is 6.92 Å². The van der Waals surface area contributed by atoms with Crippen LogP contribution in [0.1, 0.15) is 30.5 Å². The second-order valence-electron chi connectivity index (χ2n) is 9.73. The van der Waals surface area contributed by atoms with Gasteiger partial charge in [-0.2, -0.15) is 0 Å². The molecule has 1 N–H and O–H groups in total. The number of pyridine rings is 1. The standard InChI is InChI=1S/C29H31N5O5/c1-18-7-8-20(14-30-18)39-25-11-19-15-34(2)9-5-4-6-10-36-24-12-21-22(13-23(24)35-3)31-16-32-29(21)33-26(19)28-27(25)37-17-38-28/h7-8,11-14,16H,4-6,9-10,15,17H2,1-3H3,(H,31,32,33). The highest BCUT2D eigenvalue weighted by Crippen LogP contribution is 2.51. The largest absolute Gasteiger partial charge is 0.493 e. The third-order valence-electron chi connectivity index (χ3n) is 6.85. The number of nitrogens with zero attached hydrogens (tertiary/aromatic N) is 4. The van der Waals surface area contributed by atoms with Crippen LogP contribution in [0.2, 0.25) is 0 Å². The highest BCUT2D eigenvalue weighted by atomic mass is 16.7. The summed E-state index contributed by atoms with van der Waals surface area (Å²) in [5.74, 6) is 4.24. The minimum absolute atomic E-state index is 0.0888. The number of hydrogen-bond donors (Lipinski definition) is 1. The average molecular weight is 530 g/mol. The summed E-state index contributed by atoms with van der Waals surface area (Å²) < 4.78 is 29.9. The molecule has 0 atom stereocenters. The first-order valence-corrected chi connectivity index (χ1v) is 13.1. The minimum atomic E-state index is 0.0888. The second-order valence-corrected chi connectivity index (χ2v) is 9.73. The van der Waals surface area contributed by atoms with Crippen molar-refractivity contribution in [2.75, 3.05) is 39.4 Å². The van der Waals surface area contributed by atoms with Crippen molar-refractivity contribution in [2.45, 2.75) is 32.7 Å². The Balaban J connectivity index is 1.48. The van der Waals surface area contributed by atoms with E-state index in [0.717, 1.165) is 53.7 Å². The molecule has 2 aromatic heterocycles. The molecule has 202 valence electrons. The van der Waals surface area contributed by atoms with Gasteiger partial charge >= 0.3 is 0 Å². The highest BCUT2D eigenvalue weighted by molar-refractivity contribution is 5.94. The van der Waals surface area contributed by atoms with Crippen LogP contribution in [-0.2, 0) is 6.54 Å². The van der Waals surface area contributed by atoms with E-state index in [0.29, 0.717) is 53.5 Å². The van der Waals surface area contributed by atoms with Gasteiger partial charge in [0.2, 0.25) is 12.5 Å². The van der Waals surface area contributed by atoms with Crippen molar-refractivity contribution in [1.29, 1.82) is 0 Å². The number of rotatable bonds is 3. The molecule has 4 heterocycles. The van der Waals surface area contributed by atoms with Crippen molar-refractivity contribution in [3.63, 3.8) is 0 Å². The molecular weight excluding hydrogens is 498 g/mol. The maximum atomic E-state index is 6.25. The molecule has 10 nitrogen and oxygen atoms in total. The van der Waals surface area contributed by atoms with Crippen LogP contribution in [0.4, 0.5) is 11.5 Å². The Morgan fingerprint density at radius 2 is 1.85 bits per heavy atom. The number of aryl methyl sites for hydroxylation is 1. The lowest BCUT2D eigenvalue weighted by Crippen LogP contribution is -2.20. The Kier molecular flexibility index (Phi) is 6.93. The average Bonchev–Trinajstić information content (AvgIpc) is 3.43. The molecule has 0 saturated heterocycles. The lowest BCUT2D eigenvalue weighted by atomic mass is 10.1. The lowest BCUT2D eigenvalue weighted by molar-refractivity contribution is 0.172. The number of fused-ring (bicyclic) bond motifs is 4. The van der Waals surface area contributed by atoms with Crippen LogP contribution in [-0.4, -0.2) is 54.0 Å². The van der Waals surface area contributed by atoms with Gasteiger partial charge in [0, 0.05) is 23.7 Å². The summed E-state index contributed by atoms with van der Waals surface area (Å²) >= 11 is 0. The molecule has 2 aromatic carbocycles. The summed E-state index contributed by atoms with van der Waals surface area (Å²) in [6.45, 7) is 4.23. The zero-order valence-electron chi connectivity index (χ0n) is 22.3. The van der Waals surface area contributed by atoms with Gasteiger partial charge in [-0.25, -0.2) is 9.97 Å². The molecule has 4 aromatic rings. The summed E-state index contributed by atoms with van der Waals surface area (Å²) in [5.41, 5.74) is 3.42. The van der Waals surface area contributed by atoms with Crippen molar-refractivity contribution < 1.29 is 23.7 Å². The molecule has 0 amide bonds. The predicted molar refractivity (Wildman–Crippen MR) is 147 cm³/mol. The summed E-state index contributed by atoms with van der Waals surface area (Å²) in [5, 5.41) is 4.34. The van der Waals surface area contributed by atoms with Crippen molar-refractivity contribution in [3.8, 4) is 34.5 Å². The van der Waals surface area contributed by atoms with Gasteiger partial charge < -0.3 is 33.9 Å². The zero-order valence-corrected chi connectivity index (χ0v) is 22.3. The first kappa shape index (κ1) is 25.0. The summed E-state index contributed by atoms with van der Waals surface area (Å²) in [6.07, 6.45) is 6.29. The first-order chi connectivity index (χ1) is 19.1. The van der Waals surface area contributed by atoms with Gasteiger partial charge in [-0.05, 0) is 69.6 Å². The number of nitrogens with one attached hydrogen (secondary N) is 1. The van der Waals surface area contributed by atoms with Crippen molar-refractivity contribution in [1.82, 2.24) is 19.9 Å². The predicted octanol–water partition coefficient (Wildman–Crippen LogP) is 5.60. The Morgan fingerprint density at radius 1 is 0.949 bits per heavy atom. The monoisotopic (exact) mass is 529 g/mol. The van der Waals surface area contributed by atoms with E-state index in [9.17, 15) is 0 Å². The first-order valence-electron chi connectivity index (χ1n) is 13.1. The summed E-state index contributed by atoms with van der Waals surface area (Å²) in [6, 6.07) is 9.62. The number of ether oxygens (including phenoxy) is 5. The van der Waals surface area contributed by atoms with Gasteiger partial charge in [0.15, 0.2) is 23.0 Å². The SMILES string of the molecule is COc1cc2ncnc3c2cc1OCCCCCN(C)Cc1cc(Oc2ccc(C)nc2)c2c(c1N3)OCO2. The number of methoxy groups -OCH3 is 1. The fourth-order valence-electron chi connectivity index (χ4n) is 4.83. The maximum absolute atomic E-state index is 6.25. The Morgan fingerprint density at radius 3 is 2.69 bits per heavy atom. The van der Waals surface area contributed by atoms with Crippen molar-refractivity contribution in [2.24, 2.45) is 0 Å². The number of anilines is 2. The normalized spacial score (nSPS) is 15.6. The highest BCUT2D eigenvalue weighted by Gasteiger charge is 2.28. The molecule has 6 rings (SSSR count). The van der Waals surface area contributed by atoms with Crippen LogP contribution in [0.5, 0.6) is 34.5 Å². The molecule has 2 aliphatic heterocycles. The molecule has 0 saturated carbocycles. The van der Waals surface area contributed by atoms with E-state index < -0.39 is 0 Å². The summed E-state index contributed by atoms with van der Waals surface area (Å²) in [4.78, 5) is 15.7. The fraction of sp³-hybridized carbons (Fsp3) is 0.345. The molecule has 0 radical (unpaired) electrons. The third kappa shape index (κ3) is 5.20. The zero-order chi connectivity index (χ0) is 26.8. The molecule has 0 spiro atoms. The van der Waals surface area contributed by atoms with Gasteiger partial charge in [0.05, 0.1) is 31.1 Å². The molecule has 2 bridgehead atoms. The quantitative estimate of drug-likeness (QED) is 0.361. The van der Waals surface area contributed by atoms with E-state index in [1.54, 1.807) is 13.3 Å². The van der Waals surface area contributed by atoms with Gasteiger partial charge in [0.25, 0.3) is 0 Å². The van der Waals surface area contributed by atoms with E-state index >= 15 is 0 Å². The molecule has 39 heavy (non-hydrogen) atoms. The minimum Gasteiger partial charge on any atom is -0.493 e. The Labute approximate surface area is 226 Å². The number of aromatic nitrogens is 3. The van der Waals surface area contributed by atoms with Crippen LogP contribution in [0.15, 0.2) is 42.9 Å². The van der Waals surface area contributed by atoms with E-state index in [4.69, 9.17) is 23.7 Å². The lowest BCUT2D eigenvalue weighted by Gasteiger charge is -2.22. The number of benzene rings is 2. The topological polar surface area (TPSA) is 100 Å². The summed E-state index contributed by atoms with van der Waals surface area (Å²) in [7, 11) is 3.75. The molecular formula is C29H31N5O5. The Hall–Kier alpha value is -4.31. The molecule has 2 aliphatic rings. The van der Waals surface area contributed by atoms with Gasteiger partial charge in [-0.15, -0.1) is 0 Å². The van der Waals surface area contributed by atoms with Gasteiger partial charge in [-0.1, -0.05) is 0 Å². The van der Waals surface area contributed by atoms with E-state index in [-0.39, 0.29) is 6.79 Å². The molecule has 0 aliphatic carbocycles. The number of hydrogen-bond acceptors (Lipinski definition) is 10. The fourth-order valence-corrected chi connectivity index (χ4v) is 4.83.